The summed E-state index contributed by atoms with van der Waals surface area (Å²) in [5.74, 6) is -0.820. The third kappa shape index (κ3) is 2.18. The van der Waals surface area contributed by atoms with Gasteiger partial charge in [0.15, 0.2) is 0 Å². The van der Waals surface area contributed by atoms with Gasteiger partial charge in [-0.25, -0.2) is 9.48 Å². The lowest BCUT2D eigenvalue weighted by atomic mass is 10.0. The molecule has 2 aromatic rings. The van der Waals surface area contributed by atoms with Crippen LogP contribution in [0.4, 0.5) is 0 Å². The van der Waals surface area contributed by atoms with Crippen LogP contribution in [-0.2, 0) is 0 Å². The van der Waals surface area contributed by atoms with E-state index < -0.39 is 5.97 Å². The number of nitrogens with zero attached hydrogens (tertiary/aromatic N) is 3. The lowest BCUT2D eigenvalue weighted by Gasteiger charge is -2.05. The second-order valence-electron chi connectivity index (χ2n) is 4.95. The lowest BCUT2D eigenvalue weighted by Crippen LogP contribution is -2.04. The molecule has 0 spiro atoms. The van der Waals surface area contributed by atoms with Gasteiger partial charge in [0.1, 0.15) is 10.7 Å². The molecule has 0 amide bonds. The van der Waals surface area contributed by atoms with Gasteiger partial charge in [-0.05, 0) is 25.0 Å². The zero-order valence-corrected chi connectivity index (χ0v) is 11.5. The number of hydrogen-bond donors (Lipinski definition) is 1. The Bertz CT molecular complexity index is 633. The maximum Gasteiger partial charge on any atom is 0.340 e. The van der Waals surface area contributed by atoms with E-state index in [0.29, 0.717) is 5.69 Å². The third-order valence-electron chi connectivity index (χ3n) is 3.72. The van der Waals surface area contributed by atoms with Crippen LogP contribution in [0.25, 0.3) is 5.69 Å². The van der Waals surface area contributed by atoms with Gasteiger partial charge in [-0.3, -0.25) is 4.98 Å². The van der Waals surface area contributed by atoms with E-state index in [2.05, 4.69) is 10.1 Å². The smallest absolute Gasteiger partial charge is 0.340 e. The fourth-order valence-corrected chi connectivity index (χ4v) is 3.07. The number of carboxylic acid groups (broad SMARTS) is 1. The molecule has 0 aromatic carbocycles. The minimum absolute atomic E-state index is 0.135. The van der Waals surface area contributed by atoms with E-state index in [1.165, 1.54) is 4.68 Å². The van der Waals surface area contributed by atoms with Gasteiger partial charge in [-0.1, -0.05) is 24.4 Å². The van der Waals surface area contributed by atoms with Crippen LogP contribution in [0.3, 0.4) is 0 Å². The molecular weight excluding hydrogens is 278 g/mol. The third-order valence-corrected chi connectivity index (χ3v) is 4.07. The molecule has 0 bridgehead atoms. The van der Waals surface area contributed by atoms with Crippen molar-refractivity contribution >= 4 is 17.6 Å². The van der Waals surface area contributed by atoms with Gasteiger partial charge in [0.2, 0.25) is 0 Å². The summed E-state index contributed by atoms with van der Waals surface area (Å²) in [6.45, 7) is 0. The minimum atomic E-state index is -1.02. The van der Waals surface area contributed by atoms with Crippen LogP contribution in [0.1, 0.15) is 47.7 Å². The Labute approximate surface area is 121 Å². The molecule has 1 fully saturated rings. The molecule has 0 unspecified atom stereocenters. The maximum absolute atomic E-state index is 11.5. The van der Waals surface area contributed by atoms with Crippen molar-refractivity contribution in [3.05, 3.63) is 40.9 Å². The van der Waals surface area contributed by atoms with Crippen LogP contribution in [-0.4, -0.2) is 25.8 Å². The van der Waals surface area contributed by atoms with Crippen molar-refractivity contribution in [3.63, 3.8) is 0 Å². The van der Waals surface area contributed by atoms with E-state index in [0.717, 1.165) is 31.4 Å². The largest absolute Gasteiger partial charge is 0.478 e. The second-order valence-corrected chi connectivity index (χ2v) is 5.31. The molecule has 2 heterocycles. The molecule has 2 aromatic heterocycles. The van der Waals surface area contributed by atoms with Crippen LogP contribution in [0.5, 0.6) is 0 Å². The first kappa shape index (κ1) is 13.1. The molecule has 0 atom stereocenters. The molecule has 0 aliphatic heterocycles. The summed E-state index contributed by atoms with van der Waals surface area (Å²) in [5.41, 5.74) is 1.46. The first-order chi connectivity index (χ1) is 9.68. The van der Waals surface area contributed by atoms with Gasteiger partial charge in [0, 0.05) is 18.3 Å². The van der Waals surface area contributed by atoms with E-state index in [9.17, 15) is 9.90 Å². The Morgan fingerprint density at radius 3 is 2.55 bits per heavy atom. The summed E-state index contributed by atoms with van der Waals surface area (Å²) in [4.78, 5) is 15.4. The van der Waals surface area contributed by atoms with Crippen LogP contribution < -0.4 is 0 Å². The molecule has 0 radical (unpaired) electrons. The highest BCUT2D eigenvalue weighted by Gasteiger charge is 2.30. The Morgan fingerprint density at radius 2 is 1.95 bits per heavy atom. The van der Waals surface area contributed by atoms with Crippen LogP contribution >= 0.6 is 11.6 Å². The lowest BCUT2D eigenvalue weighted by molar-refractivity contribution is 0.0695. The molecule has 0 saturated heterocycles. The first-order valence-corrected chi connectivity index (χ1v) is 6.98. The van der Waals surface area contributed by atoms with Crippen molar-refractivity contribution in [2.45, 2.75) is 31.6 Å². The van der Waals surface area contributed by atoms with E-state index in [1.807, 2.05) is 0 Å². The van der Waals surface area contributed by atoms with Crippen molar-refractivity contribution in [1.82, 2.24) is 14.8 Å². The summed E-state index contributed by atoms with van der Waals surface area (Å²) in [6.07, 6.45) is 7.44. The van der Waals surface area contributed by atoms with E-state index in [1.54, 1.807) is 24.5 Å². The predicted octanol–water partition coefficient (Wildman–Crippen LogP) is 3.28. The number of carboxylic acids is 1. The Morgan fingerprint density at radius 1 is 1.30 bits per heavy atom. The Hall–Kier alpha value is -1.88. The topological polar surface area (TPSA) is 68.0 Å². The second kappa shape index (κ2) is 5.25. The molecule has 6 heteroatoms. The van der Waals surface area contributed by atoms with Crippen LogP contribution in [0.15, 0.2) is 24.5 Å². The van der Waals surface area contributed by atoms with Crippen LogP contribution in [0.2, 0.25) is 5.15 Å². The number of pyridine rings is 1. The zero-order chi connectivity index (χ0) is 14.1. The van der Waals surface area contributed by atoms with Gasteiger partial charge in [0.25, 0.3) is 0 Å². The van der Waals surface area contributed by atoms with E-state index in [4.69, 9.17) is 11.6 Å². The molecule has 1 aliphatic carbocycles. The monoisotopic (exact) mass is 291 g/mol. The van der Waals surface area contributed by atoms with Crippen molar-refractivity contribution < 1.29 is 9.90 Å². The molecular formula is C14H14ClN3O2. The van der Waals surface area contributed by atoms with Crippen molar-refractivity contribution in [2.24, 2.45) is 0 Å². The standard InChI is InChI=1S/C14H14ClN3O2/c15-13-11(14(19)20)12(9-3-1-2-4-9)17-18(13)10-5-7-16-8-6-10/h5-9H,1-4H2,(H,19,20). The quantitative estimate of drug-likeness (QED) is 0.942. The van der Waals surface area contributed by atoms with E-state index in [-0.39, 0.29) is 16.6 Å². The fourth-order valence-electron chi connectivity index (χ4n) is 2.75. The van der Waals surface area contributed by atoms with Gasteiger partial charge >= 0.3 is 5.97 Å². The highest BCUT2D eigenvalue weighted by atomic mass is 35.5. The fraction of sp³-hybridized carbons (Fsp3) is 0.357. The predicted molar refractivity (Wildman–Crippen MR) is 74.5 cm³/mol. The Balaban J connectivity index is 2.13. The molecule has 5 nitrogen and oxygen atoms in total. The highest BCUT2D eigenvalue weighted by Crippen LogP contribution is 2.37. The molecule has 1 N–H and O–H groups in total. The summed E-state index contributed by atoms with van der Waals surface area (Å²) in [6, 6.07) is 3.51. The number of halogens is 1. The van der Waals surface area contributed by atoms with Crippen molar-refractivity contribution in [3.8, 4) is 5.69 Å². The number of aromatic nitrogens is 3. The number of rotatable bonds is 3. The van der Waals surface area contributed by atoms with E-state index >= 15 is 0 Å². The zero-order valence-electron chi connectivity index (χ0n) is 10.8. The molecule has 1 aliphatic rings. The number of hydrogen-bond acceptors (Lipinski definition) is 3. The molecule has 3 rings (SSSR count). The SMILES string of the molecule is O=C(O)c1c(C2CCCC2)nn(-c2ccncc2)c1Cl. The summed E-state index contributed by atoms with van der Waals surface area (Å²) < 4.78 is 1.49. The summed E-state index contributed by atoms with van der Waals surface area (Å²) >= 11 is 6.24. The molecule has 1 saturated carbocycles. The van der Waals surface area contributed by atoms with Gasteiger partial charge < -0.3 is 5.11 Å². The molecule has 104 valence electrons. The Kier molecular flexibility index (Phi) is 3.44. The van der Waals surface area contributed by atoms with Gasteiger partial charge in [0.05, 0.1) is 11.4 Å². The van der Waals surface area contributed by atoms with Gasteiger partial charge in [-0.2, -0.15) is 5.10 Å². The normalized spacial score (nSPS) is 15.7. The van der Waals surface area contributed by atoms with Gasteiger partial charge in [-0.15, -0.1) is 0 Å². The molecule has 20 heavy (non-hydrogen) atoms. The average molecular weight is 292 g/mol. The average Bonchev–Trinajstić information content (AvgIpc) is 3.06. The highest BCUT2D eigenvalue weighted by molar-refractivity contribution is 6.33. The van der Waals surface area contributed by atoms with Crippen LogP contribution in [0, 0.1) is 0 Å². The maximum atomic E-state index is 11.5. The summed E-state index contributed by atoms with van der Waals surface area (Å²) in [5, 5.41) is 14.0. The van der Waals surface area contributed by atoms with Crippen molar-refractivity contribution in [2.75, 3.05) is 0 Å². The summed E-state index contributed by atoms with van der Waals surface area (Å²) in [7, 11) is 0. The minimum Gasteiger partial charge on any atom is -0.478 e. The number of carbonyl (C=O) groups is 1. The number of aromatic carboxylic acids is 1. The first-order valence-electron chi connectivity index (χ1n) is 6.60. The van der Waals surface area contributed by atoms with Crippen molar-refractivity contribution in [1.29, 1.82) is 0 Å².